The van der Waals surface area contributed by atoms with Crippen molar-refractivity contribution >= 4 is 5.91 Å². The summed E-state index contributed by atoms with van der Waals surface area (Å²) in [5, 5.41) is 0. The number of rotatable bonds is 3. The number of ether oxygens (including phenoxy) is 1. The second kappa shape index (κ2) is 6.93. The first-order chi connectivity index (χ1) is 13.7. The van der Waals surface area contributed by atoms with Crippen molar-refractivity contribution in [2.75, 3.05) is 26.7 Å². The van der Waals surface area contributed by atoms with Crippen LogP contribution in [0.3, 0.4) is 0 Å². The van der Waals surface area contributed by atoms with Crippen LogP contribution in [0.1, 0.15) is 40.2 Å². The summed E-state index contributed by atoms with van der Waals surface area (Å²) in [5.41, 5.74) is 3.25. The molecule has 4 saturated heterocycles. The smallest absolute Gasteiger partial charge is 0.254 e. The third-order valence-corrected chi connectivity index (χ3v) is 7.17. The molecule has 4 aliphatic heterocycles. The highest BCUT2D eigenvalue weighted by Crippen LogP contribution is 2.47. The summed E-state index contributed by atoms with van der Waals surface area (Å²) in [6.45, 7) is 5.19. The number of amides is 1. The Kier molecular flexibility index (Phi) is 4.39. The van der Waals surface area contributed by atoms with Crippen LogP contribution in [-0.4, -0.2) is 54.5 Å². The minimum absolute atomic E-state index is 0.206. The zero-order valence-corrected chi connectivity index (χ0v) is 16.7. The fourth-order valence-electron chi connectivity index (χ4n) is 5.77. The van der Waals surface area contributed by atoms with Gasteiger partial charge in [0.25, 0.3) is 5.91 Å². The molecule has 2 aromatic carbocycles. The number of likely N-dealkylation sites (tertiary alicyclic amines) is 1. The Morgan fingerprint density at radius 3 is 2.39 bits per heavy atom. The van der Waals surface area contributed by atoms with Crippen molar-refractivity contribution < 1.29 is 9.53 Å². The van der Waals surface area contributed by atoms with Crippen LogP contribution in [0.15, 0.2) is 48.5 Å². The molecular formula is C24H28N2O2. The van der Waals surface area contributed by atoms with Gasteiger partial charge in [-0.1, -0.05) is 30.3 Å². The maximum atomic E-state index is 13.6. The van der Waals surface area contributed by atoms with Gasteiger partial charge in [-0.05, 0) is 68.1 Å². The van der Waals surface area contributed by atoms with Crippen molar-refractivity contribution in [1.29, 1.82) is 0 Å². The molecule has 4 heteroatoms. The molecule has 4 aliphatic rings. The molecule has 1 amide bonds. The molecule has 0 radical (unpaired) electrons. The Bertz CT molecular complexity index is 870. The highest BCUT2D eigenvalue weighted by molar-refractivity contribution is 5.96. The van der Waals surface area contributed by atoms with Crippen molar-refractivity contribution in [3.05, 3.63) is 65.2 Å². The minimum Gasteiger partial charge on any atom is -0.497 e. The first kappa shape index (κ1) is 17.7. The van der Waals surface area contributed by atoms with Crippen molar-refractivity contribution in [3.63, 3.8) is 0 Å². The number of benzene rings is 2. The van der Waals surface area contributed by atoms with Gasteiger partial charge in [0.1, 0.15) is 5.75 Å². The van der Waals surface area contributed by atoms with Crippen LogP contribution in [0.5, 0.6) is 5.75 Å². The van der Waals surface area contributed by atoms with Crippen LogP contribution in [-0.2, 0) is 0 Å². The van der Waals surface area contributed by atoms with E-state index in [1.807, 2.05) is 43.3 Å². The molecule has 0 spiro atoms. The fraction of sp³-hybridized carbons (Fsp3) is 0.458. The lowest BCUT2D eigenvalue weighted by Gasteiger charge is -2.51. The monoisotopic (exact) mass is 376 g/mol. The Morgan fingerprint density at radius 1 is 1.00 bits per heavy atom. The summed E-state index contributed by atoms with van der Waals surface area (Å²) >= 11 is 0. The number of nitrogens with zero attached hydrogens (tertiary/aromatic N) is 2. The lowest BCUT2D eigenvalue weighted by Crippen LogP contribution is -2.60. The summed E-state index contributed by atoms with van der Waals surface area (Å²) in [7, 11) is 1.70. The summed E-state index contributed by atoms with van der Waals surface area (Å²) < 4.78 is 5.34. The molecule has 0 aliphatic carbocycles. The van der Waals surface area contributed by atoms with E-state index in [1.165, 1.54) is 31.5 Å². The average molecular weight is 377 g/mol. The maximum absolute atomic E-state index is 13.6. The van der Waals surface area contributed by atoms with Crippen molar-refractivity contribution in [2.24, 2.45) is 5.92 Å². The fourth-order valence-corrected chi connectivity index (χ4v) is 5.77. The van der Waals surface area contributed by atoms with Crippen LogP contribution in [0, 0.1) is 12.8 Å². The zero-order chi connectivity index (χ0) is 19.3. The SMILES string of the molecule is COc1ccc([C@@H]2CN(C(=O)c3ccccc3C)[C@@H]3C4CCN(CC4)[C@@H]32)cc1. The molecule has 0 N–H and O–H groups in total. The van der Waals surface area contributed by atoms with Gasteiger partial charge in [0.15, 0.2) is 0 Å². The van der Waals surface area contributed by atoms with Crippen molar-refractivity contribution in [2.45, 2.75) is 37.8 Å². The van der Waals surface area contributed by atoms with E-state index in [-0.39, 0.29) is 5.91 Å². The molecule has 2 aromatic rings. The van der Waals surface area contributed by atoms with Crippen LogP contribution in [0.4, 0.5) is 0 Å². The molecule has 2 bridgehead atoms. The lowest BCUT2D eigenvalue weighted by molar-refractivity contribution is -0.00343. The molecule has 3 atom stereocenters. The number of methoxy groups -OCH3 is 1. The summed E-state index contributed by atoms with van der Waals surface area (Å²) in [6, 6.07) is 17.2. The maximum Gasteiger partial charge on any atom is 0.254 e. The van der Waals surface area contributed by atoms with Gasteiger partial charge >= 0.3 is 0 Å². The van der Waals surface area contributed by atoms with E-state index in [0.29, 0.717) is 23.9 Å². The molecule has 0 saturated carbocycles. The van der Waals surface area contributed by atoms with E-state index in [2.05, 4.69) is 21.9 Å². The normalized spacial score (nSPS) is 30.9. The van der Waals surface area contributed by atoms with E-state index in [9.17, 15) is 4.79 Å². The largest absolute Gasteiger partial charge is 0.497 e. The van der Waals surface area contributed by atoms with Crippen LogP contribution < -0.4 is 4.74 Å². The average Bonchev–Trinajstić information content (AvgIpc) is 3.17. The molecule has 28 heavy (non-hydrogen) atoms. The van der Waals surface area contributed by atoms with E-state index in [4.69, 9.17) is 4.74 Å². The van der Waals surface area contributed by atoms with E-state index < -0.39 is 0 Å². The third-order valence-electron chi connectivity index (χ3n) is 7.17. The molecule has 4 fully saturated rings. The minimum atomic E-state index is 0.206. The molecule has 4 heterocycles. The number of carbonyl (C=O) groups excluding carboxylic acids is 1. The number of fused-ring (bicyclic) bond motifs is 2. The van der Waals surface area contributed by atoms with Crippen molar-refractivity contribution in [3.8, 4) is 5.75 Å². The predicted octanol–water partition coefficient (Wildman–Crippen LogP) is 3.71. The summed E-state index contributed by atoms with van der Waals surface area (Å²) in [4.78, 5) is 18.4. The summed E-state index contributed by atoms with van der Waals surface area (Å²) in [6.07, 6.45) is 2.43. The standard InChI is InChI=1S/C24H28N2O2/c1-16-5-3-4-6-20(16)24(27)26-15-21(17-7-9-19(28-2)10-8-17)23-22(26)18-11-13-25(23)14-12-18/h3-10,18,21-23H,11-15H2,1-2H3/t21-,22+,23+/m0/s1. The second-order valence-electron chi connectivity index (χ2n) is 8.51. The highest BCUT2D eigenvalue weighted by atomic mass is 16.5. The van der Waals surface area contributed by atoms with Gasteiger partial charge in [-0.2, -0.15) is 0 Å². The topological polar surface area (TPSA) is 32.8 Å². The Balaban J connectivity index is 1.52. The van der Waals surface area contributed by atoms with E-state index in [0.717, 1.165) is 23.4 Å². The molecule has 6 rings (SSSR count). The Morgan fingerprint density at radius 2 is 1.71 bits per heavy atom. The zero-order valence-electron chi connectivity index (χ0n) is 16.7. The van der Waals surface area contributed by atoms with Gasteiger partial charge in [0.05, 0.1) is 13.2 Å². The quantitative estimate of drug-likeness (QED) is 0.819. The predicted molar refractivity (Wildman–Crippen MR) is 110 cm³/mol. The van der Waals surface area contributed by atoms with Gasteiger partial charge < -0.3 is 9.64 Å². The number of hydrogen-bond donors (Lipinski definition) is 0. The summed E-state index contributed by atoms with van der Waals surface area (Å²) in [5.74, 6) is 2.09. The molecule has 0 aromatic heterocycles. The van der Waals surface area contributed by atoms with Gasteiger partial charge in [0, 0.05) is 24.1 Å². The lowest BCUT2D eigenvalue weighted by atomic mass is 9.75. The number of piperidine rings is 3. The number of hydrogen-bond acceptors (Lipinski definition) is 3. The first-order valence-corrected chi connectivity index (χ1v) is 10.4. The third kappa shape index (κ3) is 2.74. The first-order valence-electron chi connectivity index (χ1n) is 10.4. The number of aryl methyl sites for hydroxylation is 1. The molecule has 146 valence electrons. The van der Waals surface area contributed by atoms with Gasteiger partial charge in [-0.3, -0.25) is 9.69 Å². The molecular weight excluding hydrogens is 348 g/mol. The Labute approximate surface area is 167 Å². The van der Waals surface area contributed by atoms with E-state index >= 15 is 0 Å². The van der Waals surface area contributed by atoms with Gasteiger partial charge in [-0.25, -0.2) is 0 Å². The van der Waals surface area contributed by atoms with Crippen LogP contribution >= 0.6 is 0 Å². The molecule has 4 nitrogen and oxygen atoms in total. The van der Waals surface area contributed by atoms with Crippen LogP contribution in [0.25, 0.3) is 0 Å². The van der Waals surface area contributed by atoms with E-state index in [1.54, 1.807) is 7.11 Å². The van der Waals surface area contributed by atoms with Gasteiger partial charge in [0.2, 0.25) is 0 Å². The van der Waals surface area contributed by atoms with Gasteiger partial charge in [-0.15, -0.1) is 0 Å². The van der Waals surface area contributed by atoms with Crippen molar-refractivity contribution in [1.82, 2.24) is 9.80 Å². The highest BCUT2D eigenvalue weighted by Gasteiger charge is 2.54. The van der Waals surface area contributed by atoms with Crippen LogP contribution in [0.2, 0.25) is 0 Å². The number of carbonyl (C=O) groups is 1. The second-order valence-corrected chi connectivity index (χ2v) is 8.51. The molecule has 0 unspecified atom stereocenters. The Hall–Kier alpha value is -2.33.